The highest BCUT2D eigenvalue weighted by Gasteiger charge is 2.50. The number of amides is 2. The first-order valence-corrected chi connectivity index (χ1v) is 7.51. The molecule has 1 aliphatic heterocycles. The van der Waals surface area contributed by atoms with Crippen LogP contribution in [0.15, 0.2) is 59.1 Å². The summed E-state index contributed by atoms with van der Waals surface area (Å²) < 4.78 is 0.740. The predicted molar refractivity (Wildman–Crippen MR) is 85.0 cm³/mol. The summed E-state index contributed by atoms with van der Waals surface area (Å²) in [6, 6.07) is 16.8. The van der Waals surface area contributed by atoms with E-state index in [1.165, 1.54) is 4.90 Å². The highest BCUT2D eigenvalue weighted by atomic mass is 79.9. The number of hydrogen-bond acceptors (Lipinski definition) is 2. The maximum absolute atomic E-state index is 12.9. The quantitative estimate of drug-likeness (QED) is 0.780. The third-order valence-electron chi connectivity index (χ3n) is 3.93. The Hall–Kier alpha value is -1.94. The molecule has 1 atom stereocenters. The first-order chi connectivity index (χ1) is 10.0. The second-order valence-corrected chi connectivity index (χ2v) is 6.21. The number of carbonyl (C=O) groups excluding carboxylic acids is 2. The Morgan fingerprint density at radius 1 is 1.00 bits per heavy atom. The number of anilines is 1. The normalized spacial score (nSPS) is 21.9. The zero-order valence-corrected chi connectivity index (χ0v) is 13.1. The monoisotopic (exact) mass is 343 g/mol. The summed E-state index contributed by atoms with van der Waals surface area (Å²) in [5.74, 6) is -0.344. The Balaban J connectivity index is 2.06. The van der Waals surface area contributed by atoms with Gasteiger partial charge in [0.1, 0.15) is 0 Å². The Labute approximate surface area is 131 Å². The molecule has 0 bridgehead atoms. The molecular formula is C17H14BrNO2. The van der Waals surface area contributed by atoms with Crippen molar-refractivity contribution < 1.29 is 9.59 Å². The van der Waals surface area contributed by atoms with Gasteiger partial charge in [0.05, 0.1) is 11.1 Å². The van der Waals surface area contributed by atoms with E-state index >= 15 is 0 Å². The van der Waals surface area contributed by atoms with Gasteiger partial charge in [-0.2, -0.15) is 0 Å². The van der Waals surface area contributed by atoms with Crippen LogP contribution in [0.25, 0.3) is 0 Å². The summed E-state index contributed by atoms with van der Waals surface area (Å²) in [6.07, 6.45) is 0.192. The van der Waals surface area contributed by atoms with Crippen LogP contribution in [0.3, 0.4) is 0 Å². The largest absolute Gasteiger partial charge is 0.274 e. The van der Waals surface area contributed by atoms with Gasteiger partial charge in [-0.15, -0.1) is 0 Å². The van der Waals surface area contributed by atoms with Crippen molar-refractivity contribution in [1.29, 1.82) is 0 Å². The fourth-order valence-corrected chi connectivity index (χ4v) is 3.19. The van der Waals surface area contributed by atoms with Gasteiger partial charge < -0.3 is 0 Å². The lowest BCUT2D eigenvalue weighted by Crippen LogP contribution is -2.36. The Morgan fingerprint density at radius 2 is 1.62 bits per heavy atom. The van der Waals surface area contributed by atoms with Gasteiger partial charge in [-0.3, -0.25) is 9.59 Å². The molecular weight excluding hydrogens is 330 g/mol. The fraction of sp³-hybridized carbons (Fsp3) is 0.176. The number of rotatable bonds is 2. The minimum Gasteiger partial charge on any atom is -0.274 e. The van der Waals surface area contributed by atoms with E-state index in [9.17, 15) is 9.59 Å². The molecule has 1 saturated heterocycles. The number of hydrogen-bond donors (Lipinski definition) is 0. The second kappa shape index (κ2) is 5.11. The standard InChI is InChI=1S/C17H14BrNO2/c1-17(12-7-3-2-4-8-12)11-15(20)19(16(17)21)14-10-6-5-9-13(14)18/h2-10H,11H2,1H3. The van der Waals surface area contributed by atoms with Crippen LogP contribution in [0.4, 0.5) is 5.69 Å². The highest BCUT2D eigenvalue weighted by molar-refractivity contribution is 9.10. The van der Waals surface area contributed by atoms with Gasteiger partial charge in [-0.1, -0.05) is 42.5 Å². The summed E-state index contributed by atoms with van der Waals surface area (Å²) in [5, 5.41) is 0. The summed E-state index contributed by atoms with van der Waals surface area (Å²) >= 11 is 3.41. The molecule has 0 aliphatic carbocycles. The number of imide groups is 1. The van der Waals surface area contributed by atoms with Gasteiger partial charge in [0.25, 0.3) is 0 Å². The van der Waals surface area contributed by atoms with E-state index in [-0.39, 0.29) is 18.2 Å². The van der Waals surface area contributed by atoms with Crippen LogP contribution in [-0.2, 0) is 15.0 Å². The highest BCUT2D eigenvalue weighted by Crippen LogP contribution is 2.40. The zero-order valence-electron chi connectivity index (χ0n) is 11.5. The fourth-order valence-electron chi connectivity index (χ4n) is 2.73. The molecule has 3 nitrogen and oxygen atoms in total. The summed E-state index contributed by atoms with van der Waals surface area (Å²) in [7, 11) is 0. The number of carbonyl (C=O) groups is 2. The van der Waals surface area contributed by atoms with Gasteiger partial charge in [0.2, 0.25) is 11.8 Å². The molecule has 3 rings (SSSR count). The average molecular weight is 344 g/mol. The van der Waals surface area contributed by atoms with Gasteiger partial charge in [-0.25, -0.2) is 4.90 Å². The maximum atomic E-state index is 12.9. The van der Waals surface area contributed by atoms with Crippen molar-refractivity contribution in [2.45, 2.75) is 18.8 Å². The van der Waals surface area contributed by atoms with Crippen LogP contribution in [0, 0.1) is 0 Å². The lowest BCUT2D eigenvalue weighted by Gasteiger charge is -2.23. The second-order valence-electron chi connectivity index (χ2n) is 5.36. The summed E-state index contributed by atoms with van der Waals surface area (Å²) in [4.78, 5) is 26.6. The van der Waals surface area contributed by atoms with Crippen molar-refractivity contribution in [3.05, 3.63) is 64.6 Å². The molecule has 1 fully saturated rings. The van der Waals surface area contributed by atoms with E-state index in [4.69, 9.17) is 0 Å². The van der Waals surface area contributed by atoms with Crippen LogP contribution in [0.2, 0.25) is 0 Å². The average Bonchev–Trinajstić information content (AvgIpc) is 2.72. The molecule has 0 spiro atoms. The van der Waals surface area contributed by atoms with Crippen molar-refractivity contribution in [3.8, 4) is 0 Å². The molecule has 1 aliphatic rings. The number of nitrogens with zero attached hydrogens (tertiary/aromatic N) is 1. The van der Waals surface area contributed by atoms with Gasteiger partial charge >= 0.3 is 0 Å². The van der Waals surface area contributed by atoms with E-state index in [1.54, 1.807) is 6.07 Å². The van der Waals surface area contributed by atoms with Crippen LogP contribution in [0.1, 0.15) is 18.9 Å². The molecule has 2 amide bonds. The molecule has 21 heavy (non-hydrogen) atoms. The molecule has 2 aromatic carbocycles. The van der Waals surface area contributed by atoms with Gasteiger partial charge in [-0.05, 0) is 40.5 Å². The van der Waals surface area contributed by atoms with E-state index in [1.807, 2.05) is 55.5 Å². The molecule has 1 heterocycles. The third kappa shape index (κ3) is 2.20. The topological polar surface area (TPSA) is 37.4 Å². The number of benzene rings is 2. The zero-order chi connectivity index (χ0) is 15.0. The Bertz CT molecular complexity index is 714. The van der Waals surface area contributed by atoms with Crippen LogP contribution in [-0.4, -0.2) is 11.8 Å². The van der Waals surface area contributed by atoms with Crippen LogP contribution in [0.5, 0.6) is 0 Å². The molecule has 0 N–H and O–H groups in total. The molecule has 1 unspecified atom stereocenters. The van der Waals surface area contributed by atoms with E-state index < -0.39 is 5.41 Å². The van der Waals surface area contributed by atoms with Crippen molar-refractivity contribution >= 4 is 33.4 Å². The minimum atomic E-state index is -0.798. The van der Waals surface area contributed by atoms with Gasteiger partial charge in [0, 0.05) is 10.9 Å². The Morgan fingerprint density at radius 3 is 2.29 bits per heavy atom. The summed E-state index contributed by atoms with van der Waals surface area (Å²) in [5.41, 5.74) is 0.679. The van der Waals surface area contributed by atoms with Crippen molar-refractivity contribution in [1.82, 2.24) is 0 Å². The number of para-hydroxylation sites is 1. The van der Waals surface area contributed by atoms with Crippen molar-refractivity contribution in [2.24, 2.45) is 0 Å². The maximum Gasteiger partial charge on any atom is 0.244 e. The molecule has 0 radical (unpaired) electrons. The van der Waals surface area contributed by atoms with E-state index in [0.717, 1.165) is 10.0 Å². The first kappa shape index (κ1) is 14.0. The lowest BCUT2D eigenvalue weighted by atomic mass is 9.81. The van der Waals surface area contributed by atoms with Crippen LogP contribution >= 0.6 is 15.9 Å². The number of halogens is 1. The first-order valence-electron chi connectivity index (χ1n) is 6.71. The minimum absolute atomic E-state index is 0.168. The SMILES string of the molecule is CC1(c2ccccc2)CC(=O)N(c2ccccc2Br)C1=O. The summed E-state index contributed by atoms with van der Waals surface area (Å²) in [6.45, 7) is 1.83. The Kier molecular flexibility index (Phi) is 3.41. The van der Waals surface area contributed by atoms with Crippen molar-refractivity contribution in [2.75, 3.05) is 4.90 Å². The van der Waals surface area contributed by atoms with E-state index in [0.29, 0.717) is 5.69 Å². The van der Waals surface area contributed by atoms with Crippen molar-refractivity contribution in [3.63, 3.8) is 0 Å². The van der Waals surface area contributed by atoms with Gasteiger partial charge in [0.15, 0.2) is 0 Å². The van der Waals surface area contributed by atoms with E-state index in [2.05, 4.69) is 15.9 Å². The van der Waals surface area contributed by atoms with Crippen LogP contribution < -0.4 is 4.90 Å². The smallest absolute Gasteiger partial charge is 0.244 e. The molecule has 0 aromatic heterocycles. The predicted octanol–water partition coefficient (Wildman–Crippen LogP) is 3.67. The molecule has 106 valence electrons. The third-order valence-corrected chi connectivity index (χ3v) is 4.60. The molecule has 2 aromatic rings. The lowest BCUT2D eigenvalue weighted by molar-refractivity contribution is -0.122. The molecule has 0 saturated carbocycles. The molecule has 4 heteroatoms.